The second kappa shape index (κ2) is 9.93. The molecule has 2 aromatic rings. The highest BCUT2D eigenvalue weighted by atomic mass is 35.5. The van der Waals surface area contributed by atoms with Gasteiger partial charge >= 0.3 is 5.97 Å². The molecule has 152 valence electrons. The molecule has 8 heteroatoms. The first-order valence-corrected chi connectivity index (χ1v) is 9.58. The van der Waals surface area contributed by atoms with Crippen molar-refractivity contribution in [3.05, 3.63) is 53.1 Å². The van der Waals surface area contributed by atoms with E-state index in [0.29, 0.717) is 54.7 Å². The fourth-order valence-corrected chi connectivity index (χ4v) is 2.92. The Labute approximate surface area is 173 Å². The molecule has 0 radical (unpaired) electrons. The van der Waals surface area contributed by atoms with Crippen molar-refractivity contribution >= 4 is 29.2 Å². The van der Waals surface area contributed by atoms with Crippen molar-refractivity contribution in [3.63, 3.8) is 0 Å². The largest absolute Gasteiger partial charge is 0.493 e. The minimum Gasteiger partial charge on any atom is -0.493 e. The number of ether oxygens (including phenoxy) is 3. The van der Waals surface area contributed by atoms with Gasteiger partial charge in [-0.25, -0.2) is 5.43 Å². The Balaban J connectivity index is 1.42. The lowest BCUT2D eigenvalue weighted by Gasteiger charge is -2.14. The van der Waals surface area contributed by atoms with Gasteiger partial charge in [0.2, 0.25) is 5.91 Å². The van der Waals surface area contributed by atoms with E-state index in [1.165, 1.54) is 6.92 Å². The number of carbonyl (C=O) groups is 2. The van der Waals surface area contributed by atoms with E-state index in [9.17, 15) is 9.59 Å². The molecule has 0 fully saturated rings. The van der Waals surface area contributed by atoms with Gasteiger partial charge in [-0.2, -0.15) is 5.10 Å². The van der Waals surface area contributed by atoms with Crippen LogP contribution in [0.5, 0.6) is 17.2 Å². The third-order valence-corrected chi connectivity index (χ3v) is 4.37. The van der Waals surface area contributed by atoms with Crippen LogP contribution in [-0.2, 0) is 9.59 Å². The Morgan fingerprint density at radius 2 is 1.79 bits per heavy atom. The van der Waals surface area contributed by atoms with Crippen molar-refractivity contribution in [3.8, 4) is 17.2 Å². The van der Waals surface area contributed by atoms with E-state index in [0.717, 1.165) is 11.3 Å². The highest BCUT2D eigenvalue weighted by Gasteiger charge is 2.14. The summed E-state index contributed by atoms with van der Waals surface area (Å²) in [6.45, 7) is 2.27. The van der Waals surface area contributed by atoms with Crippen LogP contribution in [0.3, 0.4) is 0 Å². The molecule has 1 aliphatic rings. The molecule has 0 spiro atoms. The van der Waals surface area contributed by atoms with Gasteiger partial charge in [-0.05, 0) is 48.0 Å². The first kappa shape index (κ1) is 20.7. The summed E-state index contributed by atoms with van der Waals surface area (Å²) in [7, 11) is 0. The summed E-state index contributed by atoms with van der Waals surface area (Å²) in [6, 6.07) is 12.3. The van der Waals surface area contributed by atoms with Gasteiger partial charge in [0.05, 0.1) is 23.9 Å². The normalized spacial score (nSPS) is 13.3. The molecule has 3 rings (SSSR count). The van der Waals surface area contributed by atoms with Crippen LogP contribution in [-0.4, -0.2) is 30.8 Å². The van der Waals surface area contributed by atoms with Crippen LogP contribution in [0.2, 0.25) is 5.02 Å². The van der Waals surface area contributed by atoms with Crippen LogP contribution in [0, 0.1) is 0 Å². The smallest absolute Gasteiger partial charge is 0.308 e. The Bertz CT molecular complexity index is 912. The number of hydrazone groups is 1. The number of hydrogen-bond donors (Lipinski definition) is 1. The first-order chi connectivity index (χ1) is 14.0. The summed E-state index contributed by atoms with van der Waals surface area (Å²) in [5.41, 5.74) is 4.14. The monoisotopic (exact) mass is 416 g/mol. The predicted molar refractivity (Wildman–Crippen MR) is 109 cm³/mol. The third kappa shape index (κ3) is 6.22. The molecule has 0 saturated carbocycles. The number of hydrogen-bond acceptors (Lipinski definition) is 6. The standard InChI is InChI=1S/C21H21ClN2O5/c1-14(25)29-17-6-4-16(5-7-17)27-11-2-12-28-20-9-3-15(13-18(20)22)19-8-10-21(26)24-23-19/h3-7,9,13H,2,8,10-12H2,1H3,(H,24,26). The number of esters is 1. The molecule has 2 aromatic carbocycles. The number of carbonyl (C=O) groups excluding carboxylic acids is 2. The Kier molecular flexibility index (Phi) is 7.08. The Morgan fingerprint density at radius 1 is 1.07 bits per heavy atom. The average molecular weight is 417 g/mol. The molecule has 0 unspecified atom stereocenters. The van der Waals surface area contributed by atoms with Crippen molar-refractivity contribution < 1.29 is 23.8 Å². The maximum Gasteiger partial charge on any atom is 0.308 e. The molecule has 29 heavy (non-hydrogen) atoms. The quantitative estimate of drug-likeness (QED) is 0.402. The molecule has 1 N–H and O–H groups in total. The molecule has 1 aliphatic heterocycles. The van der Waals surface area contributed by atoms with Crippen LogP contribution in [0.25, 0.3) is 0 Å². The van der Waals surface area contributed by atoms with Gasteiger partial charge < -0.3 is 14.2 Å². The van der Waals surface area contributed by atoms with Crippen LogP contribution >= 0.6 is 11.6 Å². The molecule has 0 atom stereocenters. The van der Waals surface area contributed by atoms with Crippen molar-refractivity contribution in [1.82, 2.24) is 5.43 Å². The maximum atomic E-state index is 11.2. The summed E-state index contributed by atoms with van der Waals surface area (Å²) in [4.78, 5) is 22.1. The van der Waals surface area contributed by atoms with E-state index >= 15 is 0 Å². The van der Waals surface area contributed by atoms with E-state index in [1.807, 2.05) is 6.07 Å². The highest BCUT2D eigenvalue weighted by Crippen LogP contribution is 2.27. The first-order valence-electron chi connectivity index (χ1n) is 9.20. The second-order valence-corrected chi connectivity index (χ2v) is 6.76. The van der Waals surface area contributed by atoms with Crippen LogP contribution in [0.1, 0.15) is 31.7 Å². The van der Waals surface area contributed by atoms with Gasteiger partial charge in [-0.3, -0.25) is 9.59 Å². The van der Waals surface area contributed by atoms with Crippen molar-refractivity contribution in [2.24, 2.45) is 5.10 Å². The van der Waals surface area contributed by atoms with E-state index in [1.54, 1.807) is 36.4 Å². The topological polar surface area (TPSA) is 86.2 Å². The molecule has 0 aliphatic carbocycles. The Hall–Kier alpha value is -3.06. The summed E-state index contributed by atoms with van der Waals surface area (Å²) in [6.07, 6.45) is 1.67. The van der Waals surface area contributed by atoms with E-state index < -0.39 is 0 Å². The lowest BCUT2D eigenvalue weighted by molar-refractivity contribution is -0.131. The van der Waals surface area contributed by atoms with Gasteiger partial charge in [-0.15, -0.1) is 0 Å². The minimum atomic E-state index is -0.360. The number of amides is 1. The zero-order chi connectivity index (χ0) is 20.6. The lowest BCUT2D eigenvalue weighted by Crippen LogP contribution is -2.25. The summed E-state index contributed by atoms with van der Waals surface area (Å²) < 4.78 is 16.3. The fraction of sp³-hybridized carbons (Fsp3) is 0.286. The summed E-state index contributed by atoms with van der Waals surface area (Å²) in [5, 5.41) is 4.55. The second-order valence-electron chi connectivity index (χ2n) is 6.35. The number of halogens is 1. The van der Waals surface area contributed by atoms with E-state index in [2.05, 4.69) is 10.5 Å². The number of nitrogens with one attached hydrogen (secondary N) is 1. The minimum absolute atomic E-state index is 0.0812. The molecule has 1 amide bonds. The third-order valence-electron chi connectivity index (χ3n) is 4.07. The van der Waals surface area contributed by atoms with Gasteiger partial charge in [0.15, 0.2) is 0 Å². The SMILES string of the molecule is CC(=O)Oc1ccc(OCCCOc2ccc(C3=NNC(=O)CC3)cc2Cl)cc1. The molecule has 0 saturated heterocycles. The van der Waals surface area contributed by atoms with Crippen LogP contribution in [0.4, 0.5) is 0 Å². The van der Waals surface area contributed by atoms with Crippen molar-refractivity contribution in [2.75, 3.05) is 13.2 Å². The summed E-state index contributed by atoms with van der Waals surface area (Å²) in [5.74, 6) is 1.31. The lowest BCUT2D eigenvalue weighted by atomic mass is 10.0. The zero-order valence-electron chi connectivity index (χ0n) is 15.9. The van der Waals surface area contributed by atoms with E-state index in [-0.39, 0.29) is 11.9 Å². The van der Waals surface area contributed by atoms with Crippen molar-refractivity contribution in [2.45, 2.75) is 26.2 Å². The van der Waals surface area contributed by atoms with Gasteiger partial charge in [-0.1, -0.05) is 11.6 Å². The van der Waals surface area contributed by atoms with Gasteiger partial charge in [0.25, 0.3) is 0 Å². The van der Waals surface area contributed by atoms with Gasteiger partial charge in [0.1, 0.15) is 17.2 Å². The predicted octanol–water partition coefficient (Wildman–Crippen LogP) is 3.73. The molecule has 0 bridgehead atoms. The number of nitrogens with zero attached hydrogens (tertiary/aromatic N) is 1. The molecular weight excluding hydrogens is 396 g/mol. The van der Waals surface area contributed by atoms with Crippen molar-refractivity contribution in [1.29, 1.82) is 0 Å². The number of benzene rings is 2. The van der Waals surface area contributed by atoms with Crippen LogP contribution in [0.15, 0.2) is 47.6 Å². The number of rotatable bonds is 8. The zero-order valence-corrected chi connectivity index (χ0v) is 16.7. The van der Waals surface area contributed by atoms with Crippen LogP contribution < -0.4 is 19.6 Å². The molecule has 0 aromatic heterocycles. The average Bonchev–Trinajstić information content (AvgIpc) is 2.70. The summed E-state index contributed by atoms with van der Waals surface area (Å²) >= 11 is 6.30. The maximum absolute atomic E-state index is 11.2. The molecule has 1 heterocycles. The van der Waals surface area contributed by atoms with E-state index in [4.69, 9.17) is 25.8 Å². The molecule has 7 nitrogen and oxygen atoms in total. The molecular formula is C21H21ClN2O5. The van der Waals surface area contributed by atoms with Gasteiger partial charge in [0, 0.05) is 26.2 Å². The fourth-order valence-electron chi connectivity index (χ4n) is 2.68. The Morgan fingerprint density at radius 3 is 2.45 bits per heavy atom. The highest BCUT2D eigenvalue weighted by molar-refractivity contribution is 6.32.